The topological polar surface area (TPSA) is 75.6 Å². The molecule has 1 fully saturated rings. The molecule has 4 atom stereocenters. The monoisotopic (exact) mass is 307 g/mol. The minimum atomic E-state index is -1.01. The number of carboxylic acid groups (broad SMARTS) is 1. The van der Waals surface area contributed by atoms with Crippen LogP contribution in [-0.4, -0.2) is 29.2 Å². The fourth-order valence-corrected chi connectivity index (χ4v) is 3.06. The van der Waals surface area contributed by atoms with E-state index in [9.17, 15) is 14.7 Å². The van der Waals surface area contributed by atoms with Crippen molar-refractivity contribution in [3.8, 4) is 0 Å². The molecule has 2 aliphatic rings. The SMILES string of the molecule is O=C(O)[C@@H]1[C@H](C(=O)NCc2ccccc2Cl)[C@H]2C=C[C@H]1O2. The number of amides is 1. The number of halogens is 1. The Balaban J connectivity index is 1.69. The lowest BCUT2D eigenvalue weighted by atomic mass is 9.82. The number of hydrogen-bond donors (Lipinski definition) is 2. The third kappa shape index (κ3) is 2.54. The number of fused-ring (bicyclic) bond motifs is 2. The third-order valence-electron chi connectivity index (χ3n) is 3.90. The molecule has 1 saturated heterocycles. The highest BCUT2D eigenvalue weighted by molar-refractivity contribution is 6.31. The molecule has 6 heteroatoms. The van der Waals surface area contributed by atoms with Crippen molar-refractivity contribution in [2.45, 2.75) is 18.8 Å². The van der Waals surface area contributed by atoms with Crippen LogP contribution in [0.3, 0.4) is 0 Å². The number of carbonyl (C=O) groups excluding carboxylic acids is 1. The van der Waals surface area contributed by atoms with E-state index in [-0.39, 0.29) is 12.5 Å². The number of hydrogen-bond acceptors (Lipinski definition) is 3. The van der Waals surface area contributed by atoms with Gasteiger partial charge >= 0.3 is 5.97 Å². The molecule has 110 valence electrons. The van der Waals surface area contributed by atoms with Crippen LogP contribution in [0.1, 0.15) is 5.56 Å². The van der Waals surface area contributed by atoms with Crippen molar-refractivity contribution in [2.24, 2.45) is 11.8 Å². The van der Waals surface area contributed by atoms with E-state index in [0.29, 0.717) is 5.02 Å². The molecular formula is C15H14ClNO4. The molecule has 0 radical (unpaired) electrons. The Bertz CT molecular complexity index is 615. The zero-order valence-corrected chi connectivity index (χ0v) is 11.8. The van der Waals surface area contributed by atoms with Crippen LogP contribution in [0.15, 0.2) is 36.4 Å². The minimum absolute atomic E-state index is 0.266. The Kier molecular flexibility index (Phi) is 3.69. The molecule has 0 aliphatic carbocycles. The van der Waals surface area contributed by atoms with Crippen LogP contribution < -0.4 is 5.32 Å². The quantitative estimate of drug-likeness (QED) is 0.829. The van der Waals surface area contributed by atoms with Gasteiger partial charge in [0.25, 0.3) is 0 Å². The van der Waals surface area contributed by atoms with Crippen molar-refractivity contribution >= 4 is 23.5 Å². The van der Waals surface area contributed by atoms with E-state index in [2.05, 4.69) is 5.32 Å². The normalized spacial score (nSPS) is 29.6. The summed E-state index contributed by atoms with van der Waals surface area (Å²) < 4.78 is 5.48. The van der Waals surface area contributed by atoms with Crippen LogP contribution in [0.5, 0.6) is 0 Å². The number of carboxylic acids is 1. The van der Waals surface area contributed by atoms with Crippen molar-refractivity contribution < 1.29 is 19.4 Å². The number of rotatable bonds is 4. The second kappa shape index (κ2) is 5.50. The van der Waals surface area contributed by atoms with E-state index in [1.165, 1.54) is 0 Å². The van der Waals surface area contributed by atoms with Gasteiger partial charge < -0.3 is 15.2 Å². The maximum Gasteiger partial charge on any atom is 0.310 e. The van der Waals surface area contributed by atoms with Crippen LogP contribution in [0.25, 0.3) is 0 Å². The Morgan fingerprint density at radius 3 is 2.52 bits per heavy atom. The molecular weight excluding hydrogens is 294 g/mol. The summed E-state index contributed by atoms with van der Waals surface area (Å²) in [5.74, 6) is -2.85. The Labute approximate surface area is 126 Å². The van der Waals surface area contributed by atoms with Gasteiger partial charge in [-0.1, -0.05) is 42.0 Å². The largest absolute Gasteiger partial charge is 0.481 e. The fraction of sp³-hybridized carbons (Fsp3) is 0.333. The summed E-state index contributed by atoms with van der Waals surface area (Å²) in [6.07, 6.45) is 2.50. The highest BCUT2D eigenvalue weighted by Gasteiger charge is 2.53. The molecule has 0 unspecified atom stereocenters. The molecule has 1 aromatic carbocycles. The molecule has 2 heterocycles. The highest BCUT2D eigenvalue weighted by Crippen LogP contribution is 2.39. The molecule has 2 aliphatic heterocycles. The average molecular weight is 308 g/mol. The molecule has 5 nitrogen and oxygen atoms in total. The van der Waals surface area contributed by atoms with E-state index >= 15 is 0 Å². The van der Waals surface area contributed by atoms with Crippen molar-refractivity contribution in [1.29, 1.82) is 0 Å². The molecule has 0 saturated carbocycles. The van der Waals surface area contributed by atoms with Crippen molar-refractivity contribution in [3.63, 3.8) is 0 Å². The van der Waals surface area contributed by atoms with Gasteiger partial charge in [0.05, 0.1) is 18.1 Å². The molecule has 0 spiro atoms. The summed E-state index contributed by atoms with van der Waals surface area (Å²) >= 11 is 6.03. The van der Waals surface area contributed by atoms with Crippen LogP contribution in [0.4, 0.5) is 0 Å². The number of aliphatic carboxylic acids is 1. The first kappa shape index (κ1) is 14.1. The number of carbonyl (C=O) groups is 2. The van der Waals surface area contributed by atoms with Crippen molar-refractivity contribution in [3.05, 3.63) is 47.0 Å². The van der Waals surface area contributed by atoms with E-state index in [0.717, 1.165) is 5.56 Å². The maximum atomic E-state index is 12.3. The number of ether oxygens (including phenoxy) is 1. The highest BCUT2D eigenvalue weighted by atomic mass is 35.5. The molecule has 21 heavy (non-hydrogen) atoms. The van der Waals surface area contributed by atoms with Crippen LogP contribution >= 0.6 is 11.6 Å². The molecule has 2 bridgehead atoms. The zero-order chi connectivity index (χ0) is 15.0. The van der Waals surface area contributed by atoms with Gasteiger partial charge in [-0.3, -0.25) is 9.59 Å². The van der Waals surface area contributed by atoms with Gasteiger partial charge in [0.1, 0.15) is 5.92 Å². The summed E-state index contributed by atoms with van der Waals surface area (Å²) in [5.41, 5.74) is 0.791. The van der Waals surface area contributed by atoms with Gasteiger partial charge in [-0.25, -0.2) is 0 Å². The lowest BCUT2D eigenvalue weighted by Gasteiger charge is -2.21. The summed E-state index contributed by atoms with van der Waals surface area (Å²) in [4.78, 5) is 23.6. The standard InChI is InChI=1S/C15H14ClNO4/c16-9-4-2-1-3-8(9)7-17-14(18)12-10-5-6-11(21-10)13(12)15(19)20/h1-6,10-13H,7H2,(H,17,18)(H,19,20)/t10-,11-,12-,13+/m1/s1. The van der Waals surface area contributed by atoms with Gasteiger partial charge in [-0.2, -0.15) is 0 Å². The minimum Gasteiger partial charge on any atom is -0.481 e. The maximum absolute atomic E-state index is 12.3. The first-order chi connectivity index (χ1) is 10.1. The van der Waals surface area contributed by atoms with E-state index in [4.69, 9.17) is 16.3 Å². The van der Waals surface area contributed by atoms with Gasteiger partial charge in [0.2, 0.25) is 5.91 Å². The van der Waals surface area contributed by atoms with Crippen molar-refractivity contribution in [2.75, 3.05) is 0 Å². The first-order valence-electron chi connectivity index (χ1n) is 6.65. The van der Waals surface area contributed by atoms with Crippen molar-refractivity contribution in [1.82, 2.24) is 5.32 Å². The molecule has 2 N–H and O–H groups in total. The van der Waals surface area contributed by atoms with Crippen LogP contribution in [0, 0.1) is 11.8 Å². The summed E-state index contributed by atoms with van der Waals surface area (Å²) in [6.45, 7) is 0.266. The predicted molar refractivity (Wildman–Crippen MR) is 75.7 cm³/mol. The fourth-order valence-electron chi connectivity index (χ4n) is 2.86. The Morgan fingerprint density at radius 1 is 1.19 bits per heavy atom. The lowest BCUT2D eigenvalue weighted by molar-refractivity contribution is -0.146. The number of nitrogens with one attached hydrogen (secondary N) is 1. The average Bonchev–Trinajstić information content (AvgIpc) is 3.06. The third-order valence-corrected chi connectivity index (χ3v) is 4.27. The van der Waals surface area contributed by atoms with E-state index in [1.807, 2.05) is 18.2 Å². The molecule has 1 aromatic rings. The van der Waals surface area contributed by atoms with Gasteiger partial charge in [-0.05, 0) is 11.6 Å². The summed E-state index contributed by atoms with van der Waals surface area (Å²) in [7, 11) is 0. The zero-order valence-electron chi connectivity index (χ0n) is 11.0. The van der Waals surface area contributed by atoms with Gasteiger partial charge in [0.15, 0.2) is 0 Å². The van der Waals surface area contributed by atoms with Crippen LogP contribution in [-0.2, 0) is 20.9 Å². The van der Waals surface area contributed by atoms with E-state index in [1.54, 1.807) is 18.2 Å². The number of benzene rings is 1. The second-order valence-electron chi connectivity index (χ2n) is 5.15. The summed E-state index contributed by atoms with van der Waals surface area (Å²) in [6, 6.07) is 7.19. The second-order valence-corrected chi connectivity index (χ2v) is 5.56. The molecule has 0 aromatic heterocycles. The van der Waals surface area contributed by atoms with Gasteiger partial charge in [-0.15, -0.1) is 0 Å². The molecule has 3 rings (SSSR count). The van der Waals surface area contributed by atoms with Crippen LogP contribution in [0.2, 0.25) is 5.02 Å². The molecule has 1 amide bonds. The Morgan fingerprint density at radius 2 is 1.86 bits per heavy atom. The smallest absolute Gasteiger partial charge is 0.310 e. The predicted octanol–water partition coefficient (Wildman–Crippen LogP) is 1.61. The first-order valence-corrected chi connectivity index (χ1v) is 7.03. The summed E-state index contributed by atoms with van der Waals surface area (Å²) in [5, 5.41) is 12.6. The Hall–Kier alpha value is -1.85. The van der Waals surface area contributed by atoms with Gasteiger partial charge in [0, 0.05) is 11.6 Å². The lowest BCUT2D eigenvalue weighted by Crippen LogP contribution is -2.42. The van der Waals surface area contributed by atoms with E-state index < -0.39 is 30.0 Å².